The van der Waals surface area contributed by atoms with E-state index in [1.54, 1.807) is 6.08 Å². The number of carbonyl (C=O) groups excluding carboxylic acids is 1. The number of nitrogens with one attached hydrogen (secondary N) is 1. The van der Waals surface area contributed by atoms with Crippen molar-refractivity contribution in [2.45, 2.75) is 27.3 Å². The summed E-state index contributed by atoms with van der Waals surface area (Å²) < 4.78 is 0. The first kappa shape index (κ1) is 16.5. The van der Waals surface area contributed by atoms with Crippen LogP contribution in [0.15, 0.2) is 48.0 Å². The van der Waals surface area contributed by atoms with E-state index in [0.29, 0.717) is 6.54 Å². The molecule has 0 radical (unpaired) electrons. The molecule has 23 heavy (non-hydrogen) atoms. The molecule has 3 heteroatoms. The van der Waals surface area contributed by atoms with Crippen LogP contribution in [0.3, 0.4) is 0 Å². The molecule has 0 unspecified atom stereocenters. The van der Waals surface area contributed by atoms with Crippen molar-refractivity contribution < 1.29 is 4.79 Å². The van der Waals surface area contributed by atoms with E-state index >= 15 is 0 Å². The van der Waals surface area contributed by atoms with Crippen LogP contribution in [0.2, 0.25) is 0 Å². The largest absolute Gasteiger partial charge is 0.347 e. The highest BCUT2D eigenvalue weighted by Crippen LogP contribution is 2.19. The Morgan fingerprint density at radius 3 is 2.30 bits per heavy atom. The zero-order chi connectivity index (χ0) is 16.8. The summed E-state index contributed by atoms with van der Waals surface area (Å²) in [4.78, 5) is 12.2. The lowest BCUT2D eigenvalue weighted by Gasteiger charge is -2.09. The topological polar surface area (TPSA) is 52.9 Å². The minimum atomic E-state index is -0.351. The summed E-state index contributed by atoms with van der Waals surface area (Å²) in [5.41, 5.74) is 5.35. The van der Waals surface area contributed by atoms with Crippen molar-refractivity contribution in [3.8, 4) is 6.07 Å². The summed E-state index contributed by atoms with van der Waals surface area (Å²) in [6.07, 6.45) is 1.67. The van der Waals surface area contributed by atoms with E-state index in [9.17, 15) is 10.1 Å². The van der Waals surface area contributed by atoms with Gasteiger partial charge in [-0.1, -0.05) is 48.0 Å². The molecule has 0 aliphatic rings. The van der Waals surface area contributed by atoms with E-state index in [2.05, 4.69) is 17.4 Å². The number of nitrogens with zero attached hydrogens (tertiary/aromatic N) is 1. The maximum Gasteiger partial charge on any atom is 0.262 e. The molecule has 0 heterocycles. The monoisotopic (exact) mass is 304 g/mol. The van der Waals surface area contributed by atoms with E-state index in [1.165, 1.54) is 5.56 Å². The highest BCUT2D eigenvalue weighted by Gasteiger charge is 2.11. The Morgan fingerprint density at radius 2 is 1.74 bits per heavy atom. The number of benzene rings is 2. The van der Waals surface area contributed by atoms with Crippen molar-refractivity contribution in [1.82, 2.24) is 5.32 Å². The molecule has 2 aromatic carbocycles. The standard InChI is InChI=1S/C20H20N2O/c1-14-9-15(2)19(16(3)10-14)11-18(12-21)20(23)22-13-17-7-5-4-6-8-17/h4-11H,13H2,1-3H3,(H,22,23)/b18-11+. The van der Waals surface area contributed by atoms with Crippen LogP contribution in [0.1, 0.15) is 27.8 Å². The number of nitriles is 1. The summed E-state index contributed by atoms with van der Waals surface area (Å²) in [5, 5.41) is 12.1. The van der Waals surface area contributed by atoms with Gasteiger partial charge < -0.3 is 5.32 Å². The molecule has 3 nitrogen and oxygen atoms in total. The summed E-state index contributed by atoms with van der Waals surface area (Å²) in [5.74, 6) is -0.351. The first-order valence-electron chi connectivity index (χ1n) is 7.53. The van der Waals surface area contributed by atoms with Gasteiger partial charge in [0.2, 0.25) is 0 Å². The maximum absolute atomic E-state index is 12.2. The van der Waals surface area contributed by atoms with Gasteiger partial charge in [0.15, 0.2) is 0 Å². The minimum absolute atomic E-state index is 0.121. The zero-order valence-corrected chi connectivity index (χ0v) is 13.7. The highest BCUT2D eigenvalue weighted by atomic mass is 16.1. The smallest absolute Gasteiger partial charge is 0.262 e. The van der Waals surface area contributed by atoms with E-state index in [1.807, 2.05) is 57.2 Å². The number of aryl methyl sites for hydroxylation is 3. The van der Waals surface area contributed by atoms with Crippen LogP contribution < -0.4 is 5.32 Å². The average Bonchev–Trinajstić information content (AvgIpc) is 2.53. The Bertz CT molecular complexity index is 760. The third-order valence-electron chi connectivity index (χ3n) is 3.69. The molecule has 0 bridgehead atoms. The Labute approximate surface area is 137 Å². The van der Waals surface area contributed by atoms with Gasteiger partial charge in [-0.3, -0.25) is 4.79 Å². The van der Waals surface area contributed by atoms with Crippen LogP contribution in [0.5, 0.6) is 0 Å². The molecular weight excluding hydrogens is 284 g/mol. The normalized spacial score (nSPS) is 11.0. The summed E-state index contributed by atoms with van der Waals surface area (Å²) in [6.45, 7) is 6.42. The molecule has 1 amide bonds. The quantitative estimate of drug-likeness (QED) is 0.689. The van der Waals surface area contributed by atoms with Crippen LogP contribution >= 0.6 is 0 Å². The van der Waals surface area contributed by atoms with E-state index in [-0.39, 0.29) is 11.5 Å². The second-order valence-electron chi connectivity index (χ2n) is 5.65. The second kappa shape index (κ2) is 7.42. The second-order valence-corrected chi connectivity index (χ2v) is 5.65. The number of hydrogen-bond donors (Lipinski definition) is 1. The van der Waals surface area contributed by atoms with Crippen molar-refractivity contribution in [3.05, 3.63) is 75.9 Å². The molecule has 0 saturated heterocycles. The molecule has 0 spiro atoms. The van der Waals surface area contributed by atoms with E-state index in [0.717, 1.165) is 22.3 Å². The average molecular weight is 304 g/mol. The SMILES string of the molecule is Cc1cc(C)c(/C=C(\C#N)C(=O)NCc2ccccc2)c(C)c1. The molecule has 1 N–H and O–H groups in total. The summed E-state index contributed by atoms with van der Waals surface area (Å²) in [6, 6.07) is 15.7. The van der Waals surface area contributed by atoms with Gasteiger partial charge in [-0.25, -0.2) is 0 Å². The van der Waals surface area contributed by atoms with Crippen LogP contribution in [-0.4, -0.2) is 5.91 Å². The molecule has 116 valence electrons. The van der Waals surface area contributed by atoms with Crippen LogP contribution in [0, 0.1) is 32.1 Å². The van der Waals surface area contributed by atoms with Gasteiger partial charge in [0.1, 0.15) is 11.6 Å². The predicted molar refractivity (Wildman–Crippen MR) is 92.5 cm³/mol. The van der Waals surface area contributed by atoms with Gasteiger partial charge in [0, 0.05) is 6.54 Å². The predicted octanol–water partition coefficient (Wildman–Crippen LogP) is 3.84. The maximum atomic E-state index is 12.2. The highest BCUT2D eigenvalue weighted by molar-refractivity contribution is 6.01. The van der Waals surface area contributed by atoms with Crippen LogP contribution in [-0.2, 0) is 11.3 Å². The minimum Gasteiger partial charge on any atom is -0.347 e. The van der Waals surface area contributed by atoms with E-state index in [4.69, 9.17) is 0 Å². The summed E-state index contributed by atoms with van der Waals surface area (Å²) in [7, 11) is 0. The molecule has 0 atom stereocenters. The number of carbonyl (C=O) groups is 1. The van der Waals surface area contributed by atoms with Gasteiger partial charge in [-0.2, -0.15) is 5.26 Å². The van der Waals surface area contributed by atoms with Crippen molar-refractivity contribution in [2.24, 2.45) is 0 Å². The summed E-state index contributed by atoms with van der Waals surface area (Å²) >= 11 is 0. The lowest BCUT2D eigenvalue weighted by molar-refractivity contribution is -0.117. The van der Waals surface area contributed by atoms with Gasteiger partial charge in [-0.15, -0.1) is 0 Å². The molecule has 0 aliphatic heterocycles. The number of hydrogen-bond acceptors (Lipinski definition) is 2. The fraction of sp³-hybridized carbons (Fsp3) is 0.200. The Balaban J connectivity index is 2.19. The zero-order valence-electron chi connectivity index (χ0n) is 13.7. The van der Waals surface area contributed by atoms with Crippen LogP contribution in [0.25, 0.3) is 6.08 Å². The lowest BCUT2D eigenvalue weighted by atomic mass is 9.98. The fourth-order valence-electron chi connectivity index (χ4n) is 2.59. The van der Waals surface area contributed by atoms with E-state index < -0.39 is 0 Å². The molecular formula is C20H20N2O. The fourth-order valence-corrected chi connectivity index (χ4v) is 2.59. The molecule has 0 saturated carbocycles. The Kier molecular flexibility index (Phi) is 5.32. The van der Waals surface area contributed by atoms with Gasteiger partial charge >= 0.3 is 0 Å². The first-order chi connectivity index (χ1) is 11.0. The van der Waals surface area contributed by atoms with Crippen molar-refractivity contribution in [2.75, 3.05) is 0 Å². The van der Waals surface area contributed by atoms with Crippen molar-refractivity contribution in [1.29, 1.82) is 5.26 Å². The Morgan fingerprint density at radius 1 is 1.13 bits per heavy atom. The Hall–Kier alpha value is -2.86. The number of amides is 1. The third-order valence-corrected chi connectivity index (χ3v) is 3.69. The first-order valence-corrected chi connectivity index (χ1v) is 7.53. The van der Waals surface area contributed by atoms with Crippen molar-refractivity contribution in [3.63, 3.8) is 0 Å². The van der Waals surface area contributed by atoms with Gasteiger partial charge in [-0.05, 0) is 49.1 Å². The van der Waals surface area contributed by atoms with Gasteiger partial charge in [0.25, 0.3) is 5.91 Å². The van der Waals surface area contributed by atoms with Gasteiger partial charge in [0.05, 0.1) is 0 Å². The third kappa shape index (κ3) is 4.31. The molecule has 2 aromatic rings. The molecule has 2 rings (SSSR count). The molecule has 0 aromatic heterocycles. The van der Waals surface area contributed by atoms with Crippen LogP contribution in [0.4, 0.5) is 0 Å². The number of rotatable bonds is 4. The lowest BCUT2D eigenvalue weighted by Crippen LogP contribution is -2.24. The van der Waals surface area contributed by atoms with Crippen molar-refractivity contribution >= 4 is 12.0 Å². The molecule has 0 fully saturated rings. The molecule has 0 aliphatic carbocycles.